The van der Waals surface area contributed by atoms with E-state index in [1.165, 1.54) is 11.3 Å². The molecule has 106 valence electrons. The van der Waals surface area contributed by atoms with Crippen LogP contribution in [-0.4, -0.2) is 10.9 Å². The third-order valence-corrected chi connectivity index (χ3v) is 4.37. The summed E-state index contributed by atoms with van der Waals surface area (Å²) in [6.07, 6.45) is 1.74. The zero-order valence-corrected chi connectivity index (χ0v) is 12.5. The molecule has 0 unspecified atom stereocenters. The zero-order chi connectivity index (χ0) is 14.8. The van der Waals surface area contributed by atoms with Crippen LogP contribution < -0.4 is 11.1 Å². The molecule has 6 heteroatoms. The van der Waals surface area contributed by atoms with Crippen molar-refractivity contribution in [2.24, 2.45) is 5.73 Å². The molecule has 0 aliphatic carbocycles. The van der Waals surface area contributed by atoms with E-state index in [0.29, 0.717) is 17.1 Å². The molecule has 4 nitrogen and oxygen atoms in total. The number of amides is 1. The van der Waals surface area contributed by atoms with Crippen LogP contribution in [0.4, 0.5) is 5.69 Å². The third-order valence-electron chi connectivity index (χ3n) is 3.11. The van der Waals surface area contributed by atoms with Gasteiger partial charge >= 0.3 is 0 Å². The Morgan fingerprint density at radius 2 is 2.24 bits per heavy atom. The molecule has 3 aromatic rings. The monoisotopic (exact) mass is 317 g/mol. The maximum absolute atomic E-state index is 11.1. The zero-order valence-electron chi connectivity index (χ0n) is 11.0. The lowest BCUT2D eigenvalue weighted by atomic mass is 10.2. The van der Waals surface area contributed by atoms with E-state index in [2.05, 4.69) is 10.3 Å². The van der Waals surface area contributed by atoms with Crippen molar-refractivity contribution in [3.05, 3.63) is 57.4 Å². The predicted molar refractivity (Wildman–Crippen MR) is 86.9 cm³/mol. The van der Waals surface area contributed by atoms with Gasteiger partial charge in [0.05, 0.1) is 21.8 Å². The Morgan fingerprint density at radius 1 is 1.38 bits per heavy atom. The second-order valence-electron chi connectivity index (χ2n) is 4.51. The minimum Gasteiger partial charge on any atom is -0.378 e. The molecular weight excluding hydrogens is 306 g/mol. The largest absolute Gasteiger partial charge is 0.378 e. The number of nitrogens with zero attached hydrogens (tertiary/aromatic N) is 1. The smallest absolute Gasteiger partial charge is 0.249 e. The summed E-state index contributed by atoms with van der Waals surface area (Å²) in [5.41, 5.74) is 7.52. The number of benzene rings is 1. The van der Waals surface area contributed by atoms with Gasteiger partial charge < -0.3 is 11.1 Å². The fraction of sp³-hybridized carbons (Fsp3) is 0.0667. The molecule has 0 radical (unpaired) electrons. The molecule has 0 saturated carbocycles. The van der Waals surface area contributed by atoms with E-state index >= 15 is 0 Å². The molecule has 2 heterocycles. The van der Waals surface area contributed by atoms with Gasteiger partial charge in [0.1, 0.15) is 0 Å². The van der Waals surface area contributed by atoms with Gasteiger partial charge in [0.2, 0.25) is 5.91 Å². The van der Waals surface area contributed by atoms with Gasteiger partial charge in [-0.15, -0.1) is 11.3 Å². The first kappa shape index (κ1) is 13.9. The van der Waals surface area contributed by atoms with Crippen molar-refractivity contribution in [1.82, 2.24) is 4.98 Å². The summed E-state index contributed by atoms with van der Waals surface area (Å²) in [4.78, 5) is 16.5. The second kappa shape index (κ2) is 5.71. The molecule has 0 aliphatic heterocycles. The molecule has 0 aliphatic rings. The summed E-state index contributed by atoms with van der Waals surface area (Å²) in [6, 6.07) is 9.34. The van der Waals surface area contributed by atoms with Gasteiger partial charge in [0.25, 0.3) is 0 Å². The average molecular weight is 318 g/mol. The Morgan fingerprint density at radius 3 is 3.00 bits per heavy atom. The van der Waals surface area contributed by atoms with E-state index in [0.717, 1.165) is 21.5 Å². The Bertz CT molecular complexity index is 816. The molecule has 1 aromatic carbocycles. The lowest BCUT2D eigenvalue weighted by Crippen LogP contribution is -2.09. The normalized spacial score (nSPS) is 10.7. The highest BCUT2D eigenvalue weighted by Crippen LogP contribution is 2.28. The van der Waals surface area contributed by atoms with Crippen LogP contribution in [0.1, 0.15) is 15.2 Å². The van der Waals surface area contributed by atoms with Crippen molar-refractivity contribution in [3.8, 4) is 0 Å². The molecule has 1 amide bonds. The number of thiophene rings is 1. The Labute approximate surface area is 130 Å². The number of hydrogen-bond donors (Lipinski definition) is 2. The number of nitrogens with one attached hydrogen (secondary N) is 1. The van der Waals surface area contributed by atoms with E-state index in [4.69, 9.17) is 17.3 Å². The van der Waals surface area contributed by atoms with Crippen LogP contribution >= 0.6 is 22.9 Å². The second-order valence-corrected chi connectivity index (χ2v) is 5.92. The quantitative estimate of drug-likeness (QED) is 0.771. The van der Waals surface area contributed by atoms with Crippen LogP contribution in [0.2, 0.25) is 5.02 Å². The summed E-state index contributed by atoms with van der Waals surface area (Å²) < 4.78 is 0. The number of carbonyl (C=O) groups is 1. The van der Waals surface area contributed by atoms with Crippen molar-refractivity contribution < 1.29 is 4.79 Å². The molecule has 2 aromatic heterocycles. The number of hydrogen-bond acceptors (Lipinski definition) is 4. The first-order valence-electron chi connectivity index (χ1n) is 6.29. The summed E-state index contributed by atoms with van der Waals surface area (Å²) in [5.74, 6) is -0.406. The molecule has 3 N–H and O–H groups in total. The lowest BCUT2D eigenvalue weighted by Gasteiger charge is -2.09. The van der Waals surface area contributed by atoms with E-state index in [9.17, 15) is 4.79 Å². The fourth-order valence-electron chi connectivity index (χ4n) is 2.07. The summed E-state index contributed by atoms with van der Waals surface area (Å²) >= 11 is 7.66. The fourth-order valence-corrected chi connectivity index (χ4v) is 3.09. The highest BCUT2D eigenvalue weighted by atomic mass is 35.5. The van der Waals surface area contributed by atoms with Crippen LogP contribution in [0.15, 0.2) is 41.9 Å². The standard InChI is InChI=1S/C15H12ClN3OS/c16-12-3-4-13(14-11(12)2-1-5-18-14)19-7-10-6-9(8-21-10)15(17)20/h1-6,8,19H,7H2,(H2,17,20). The van der Waals surface area contributed by atoms with Crippen LogP contribution in [0.25, 0.3) is 10.9 Å². The van der Waals surface area contributed by atoms with Crippen molar-refractivity contribution in [3.63, 3.8) is 0 Å². The van der Waals surface area contributed by atoms with Crippen LogP contribution in [0.3, 0.4) is 0 Å². The Kier molecular flexibility index (Phi) is 3.77. The van der Waals surface area contributed by atoms with Gasteiger partial charge in [0, 0.05) is 28.4 Å². The van der Waals surface area contributed by atoms with Crippen LogP contribution in [-0.2, 0) is 6.54 Å². The third kappa shape index (κ3) is 2.84. The van der Waals surface area contributed by atoms with E-state index in [1.54, 1.807) is 17.6 Å². The van der Waals surface area contributed by atoms with Crippen molar-refractivity contribution in [1.29, 1.82) is 0 Å². The maximum Gasteiger partial charge on any atom is 0.249 e. The van der Waals surface area contributed by atoms with Crippen molar-refractivity contribution in [2.45, 2.75) is 6.54 Å². The average Bonchev–Trinajstić information content (AvgIpc) is 2.96. The number of anilines is 1. The Hall–Kier alpha value is -2.11. The first-order chi connectivity index (χ1) is 10.1. The molecule has 21 heavy (non-hydrogen) atoms. The first-order valence-corrected chi connectivity index (χ1v) is 7.55. The number of fused-ring (bicyclic) bond motifs is 1. The Balaban J connectivity index is 1.85. The summed E-state index contributed by atoms with van der Waals surface area (Å²) in [5, 5.41) is 6.67. The minimum absolute atomic E-state index is 0.406. The summed E-state index contributed by atoms with van der Waals surface area (Å²) in [7, 11) is 0. The number of rotatable bonds is 4. The number of nitrogens with two attached hydrogens (primary N) is 1. The number of aromatic nitrogens is 1. The highest BCUT2D eigenvalue weighted by molar-refractivity contribution is 7.10. The van der Waals surface area contributed by atoms with E-state index in [1.807, 2.05) is 24.3 Å². The highest BCUT2D eigenvalue weighted by Gasteiger charge is 2.07. The molecule has 0 fully saturated rings. The van der Waals surface area contributed by atoms with E-state index < -0.39 is 5.91 Å². The number of halogens is 1. The number of primary amides is 1. The van der Waals surface area contributed by atoms with Gasteiger partial charge in [-0.2, -0.15) is 0 Å². The SMILES string of the molecule is NC(=O)c1csc(CNc2ccc(Cl)c3cccnc23)c1. The van der Waals surface area contributed by atoms with Crippen LogP contribution in [0, 0.1) is 0 Å². The topological polar surface area (TPSA) is 68.0 Å². The molecule has 3 rings (SSSR count). The van der Waals surface area contributed by atoms with E-state index in [-0.39, 0.29) is 0 Å². The molecule has 0 saturated heterocycles. The lowest BCUT2D eigenvalue weighted by molar-refractivity contribution is 0.100. The minimum atomic E-state index is -0.406. The van der Waals surface area contributed by atoms with Crippen molar-refractivity contribution >= 4 is 45.4 Å². The van der Waals surface area contributed by atoms with Crippen molar-refractivity contribution in [2.75, 3.05) is 5.32 Å². The molecule has 0 atom stereocenters. The summed E-state index contributed by atoms with van der Waals surface area (Å²) in [6.45, 7) is 0.602. The van der Waals surface area contributed by atoms with Gasteiger partial charge in [0.15, 0.2) is 0 Å². The molecular formula is C15H12ClN3OS. The molecule has 0 bridgehead atoms. The van der Waals surface area contributed by atoms with Gasteiger partial charge in [-0.05, 0) is 30.3 Å². The number of pyridine rings is 1. The van der Waals surface area contributed by atoms with Gasteiger partial charge in [-0.1, -0.05) is 11.6 Å². The predicted octanol–water partition coefficient (Wildman–Crippen LogP) is 3.66. The maximum atomic E-state index is 11.1. The van der Waals surface area contributed by atoms with Gasteiger partial charge in [-0.25, -0.2) is 0 Å². The molecule has 0 spiro atoms. The number of carbonyl (C=O) groups excluding carboxylic acids is 1. The van der Waals surface area contributed by atoms with Gasteiger partial charge in [-0.3, -0.25) is 9.78 Å². The van der Waals surface area contributed by atoms with Crippen LogP contribution in [0.5, 0.6) is 0 Å².